The van der Waals surface area contributed by atoms with Crippen LogP contribution >= 0.6 is 24.0 Å². The highest BCUT2D eigenvalue weighted by Gasteiger charge is 2.12. The molecule has 0 unspecified atom stereocenters. The highest BCUT2D eigenvalue weighted by Crippen LogP contribution is 2.10. The first-order valence-corrected chi connectivity index (χ1v) is 10.6. The lowest BCUT2D eigenvalue weighted by Gasteiger charge is -2.11. The van der Waals surface area contributed by atoms with Gasteiger partial charge < -0.3 is 15.4 Å². The third-order valence-corrected chi connectivity index (χ3v) is 5.32. The molecule has 6 nitrogen and oxygen atoms in total. The molecule has 0 aliphatic carbocycles. The lowest BCUT2D eigenvalue weighted by molar-refractivity contribution is 0.143. The largest absolute Gasteiger partial charge is 0.382 e. The Morgan fingerprint density at radius 1 is 1.08 bits per heavy atom. The van der Waals surface area contributed by atoms with Gasteiger partial charge in [-0.15, -0.1) is 24.0 Å². The molecule has 0 atom stereocenters. The van der Waals surface area contributed by atoms with Crippen LogP contribution in [0.15, 0.2) is 40.2 Å². The number of unbranched alkanes of at least 4 members (excludes halogenated alkanes) is 1. The van der Waals surface area contributed by atoms with Crippen molar-refractivity contribution in [1.29, 1.82) is 0 Å². The van der Waals surface area contributed by atoms with E-state index in [4.69, 9.17) is 4.74 Å². The van der Waals surface area contributed by atoms with Crippen LogP contribution in [-0.2, 0) is 14.6 Å². The number of rotatable bonds is 12. The molecule has 1 rings (SSSR count). The van der Waals surface area contributed by atoms with E-state index in [9.17, 15) is 8.42 Å². The van der Waals surface area contributed by atoms with E-state index in [0.29, 0.717) is 17.9 Å². The number of aliphatic imine (C=N–C) groups is 1. The van der Waals surface area contributed by atoms with Gasteiger partial charge >= 0.3 is 0 Å². The summed E-state index contributed by atoms with van der Waals surface area (Å²) < 4.78 is 29.7. The van der Waals surface area contributed by atoms with Crippen LogP contribution in [0.5, 0.6) is 0 Å². The van der Waals surface area contributed by atoms with Gasteiger partial charge in [-0.25, -0.2) is 8.42 Å². The number of ether oxygens (including phenoxy) is 1. The van der Waals surface area contributed by atoms with Gasteiger partial charge in [-0.3, -0.25) is 4.99 Å². The van der Waals surface area contributed by atoms with Crippen LogP contribution in [-0.4, -0.2) is 53.0 Å². The molecule has 0 aliphatic heterocycles. The number of hydrogen-bond donors (Lipinski definition) is 2. The zero-order valence-electron chi connectivity index (χ0n) is 15.7. The second-order valence-corrected chi connectivity index (χ2v) is 7.69. The Bertz CT molecular complexity index is 595. The van der Waals surface area contributed by atoms with E-state index >= 15 is 0 Å². The van der Waals surface area contributed by atoms with Gasteiger partial charge in [0.05, 0.1) is 10.6 Å². The van der Waals surface area contributed by atoms with Crippen LogP contribution in [0.3, 0.4) is 0 Å². The maximum absolute atomic E-state index is 12.2. The van der Waals surface area contributed by atoms with Crippen molar-refractivity contribution in [3.05, 3.63) is 30.3 Å². The molecule has 0 spiro atoms. The first-order chi connectivity index (χ1) is 12.1. The summed E-state index contributed by atoms with van der Waals surface area (Å²) in [6.07, 6.45) is 2.51. The molecule has 0 amide bonds. The molecule has 1 aromatic rings. The summed E-state index contributed by atoms with van der Waals surface area (Å²) in [7, 11) is -3.22. The molecule has 26 heavy (non-hydrogen) atoms. The number of benzene rings is 1. The summed E-state index contributed by atoms with van der Waals surface area (Å²) in [4.78, 5) is 4.82. The monoisotopic (exact) mass is 497 g/mol. The molecule has 0 saturated heterocycles. The Hall–Kier alpha value is -0.870. The third-order valence-electron chi connectivity index (χ3n) is 3.50. The predicted molar refractivity (Wildman–Crippen MR) is 118 cm³/mol. The molecule has 0 heterocycles. The fourth-order valence-corrected chi connectivity index (χ4v) is 3.53. The van der Waals surface area contributed by atoms with Gasteiger partial charge in [0.25, 0.3) is 0 Å². The predicted octanol–water partition coefficient (Wildman–Crippen LogP) is 2.84. The average molecular weight is 497 g/mol. The maximum atomic E-state index is 12.2. The molecule has 2 N–H and O–H groups in total. The van der Waals surface area contributed by atoms with Crippen LogP contribution in [0.2, 0.25) is 0 Å². The fourth-order valence-electron chi connectivity index (χ4n) is 2.21. The second kappa shape index (κ2) is 15.2. The summed E-state index contributed by atoms with van der Waals surface area (Å²) in [5, 5.41) is 6.43. The first-order valence-electron chi connectivity index (χ1n) is 8.98. The minimum atomic E-state index is -3.22. The number of nitrogens with one attached hydrogen (secondary N) is 2. The highest BCUT2D eigenvalue weighted by molar-refractivity contribution is 14.0. The molecule has 0 saturated carbocycles. The standard InChI is InChI=1S/C18H31N3O3S.HI/c1-3-19-18(20-13-8-9-15-24-4-2)21-14-10-16-25(22,23)17-11-6-5-7-12-17;/h5-7,11-12H,3-4,8-10,13-16H2,1-2H3,(H2,19,20,21);1H. The average Bonchev–Trinajstić information content (AvgIpc) is 2.62. The smallest absolute Gasteiger partial charge is 0.191 e. The van der Waals surface area contributed by atoms with Crippen molar-refractivity contribution in [1.82, 2.24) is 10.6 Å². The molecule has 8 heteroatoms. The molecule has 0 aromatic heterocycles. The number of guanidine groups is 1. The molecule has 1 aromatic carbocycles. The Balaban J connectivity index is 0.00000625. The summed E-state index contributed by atoms with van der Waals surface area (Å²) in [5.41, 5.74) is 0. The summed E-state index contributed by atoms with van der Waals surface area (Å²) >= 11 is 0. The first kappa shape index (κ1) is 25.1. The highest BCUT2D eigenvalue weighted by atomic mass is 127. The van der Waals surface area contributed by atoms with Crippen molar-refractivity contribution in [2.45, 2.75) is 38.0 Å². The Morgan fingerprint density at radius 3 is 2.46 bits per heavy atom. The van der Waals surface area contributed by atoms with Gasteiger partial charge in [0.1, 0.15) is 0 Å². The van der Waals surface area contributed by atoms with Crippen molar-refractivity contribution in [2.75, 3.05) is 38.6 Å². The Morgan fingerprint density at radius 2 is 1.81 bits per heavy atom. The van der Waals surface area contributed by atoms with Crippen molar-refractivity contribution >= 4 is 39.8 Å². The SMILES string of the molecule is CCNC(=NCCCS(=O)(=O)c1ccccc1)NCCCCOCC.I. The van der Waals surface area contributed by atoms with E-state index in [-0.39, 0.29) is 29.7 Å². The van der Waals surface area contributed by atoms with E-state index in [2.05, 4.69) is 15.6 Å². The van der Waals surface area contributed by atoms with Gasteiger partial charge in [-0.1, -0.05) is 18.2 Å². The van der Waals surface area contributed by atoms with Gasteiger partial charge in [0.15, 0.2) is 15.8 Å². The molecule has 0 fully saturated rings. The summed E-state index contributed by atoms with van der Waals surface area (Å²) in [6.45, 7) is 7.60. The lowest BCUT2D eigenvalue weighted by Crippen LogP contribution is -2.38. The third kappa shape index (κ3) is 11.0. The quantitative estimate of drug-likeness (QED) is 0.201. The van der Waals surface area contributed by atoms with Crippen LogP contribution in [0.1, 0.15) is 33.1 Å². The normalized spacial score (nSPS) is 11.7. The van der Waals surface area contributed by atoms with E-state index < -0.39 is 9.84 Å². The topological polar surface area (TPSA) is 79.8 Å². The molecule has 0 aliphatic rings. The van der Waals surface area contributed by atoms with Gasteiger partial charge in [0, 0.05) is 32.8 Å². The number of nitrogens with zero attached hydrogens (tertiary/aromatic N) is 1. The summed E-state index contributed by atoms with van der Waals surface area (Å²) in [5.74, 6) is 0.838. The summed E-state index contributed by atoms with van der Waals surface area (Å²) in [6, 6.07) is 8.55. The van der Waals surface area contributed by atoms with E-state index in [1.54, 1.807) is 24.3 Å². The maximum Gasteiger partial charge on any atom is 0.191 e. The van der Waals surface area contributed by atoms with E-state index in [1.165, 1.54) is 0 Å². The van der Waals surface area contributed by atoms with Crippen molar-refractivity contribution in [2.24, 2.45) is 4.99 Å². The van der Waals surface area contributed by atoms with Gasteiger partial charge in [-0.05, 0) is 45.2 Å². The van der Waals surface area contributed by atoms with Crippen LogP contribution < -0.4 is 10.6 Å². The van der Waals surface area contributed by atoms with Crippen LogP contribution in [0.25, 0.3) is 0 Å². The number of halogens is 1. The van der Waals surface area contributed by atoms with Gasteiger partial charge in [-0.2, -0.15) is 0 Å². The van der Waals surface area contributed by atoms with Crippen LogP contribution in [0, 0.1) is 0 Å². The Kier molecular flexibility index (Phi) is 14.7. The Labute approximate surface area is 175 Å². The van der Waals surface area contributed by atoms with Crippen molar-refractivity contribution < 1.29 is 13.2 Å². The second-order valence-electron chi connectivity index (χ2n) is 5.58. The number of hydrogen-bond acceptors (Lipinski definition) is 4. The molecular weight excluding hydrogens is 465 g/mol. The van der Waals surface area contributed by atoms with Crippen LogP contribution in [0.4, 0.5) is 0 Å². The zero-order chi connectivity index (χ0) is 18.4. The van der Waals surface area contributed by atoms with Crippen molar-refractivity contribution in [3.8, 4) is 0 Å². The molecular formula is C18H32IN3O3S. The fraction of sp³-hybridized carbons (Fsp3) is 0.611. The van der Waals surface area contributed by atoms with E-state index in [1.807, 2.05) is 19.9 Å². The molecule has 0 radical (unpaired) electrons. The molecule has 150 valence electrons. The lowest BCUT2D eigenvalue weighted by atomic mass is 10.3. The minimum Gasteiger partial charge on any atom is -0.382 e. The van der Waals surface area contributed by atoms with E-state index in [0.717, 1.165) is 45.1 Å². The minimum absolute atomic E-state index is 0. The molecule has 0 bridgehead atoms. The van der Waals surface area contributed by atoms with Crippen molar-refractivity contribution in [3.63, 3.8) is 0 Å². The number of sulfone groups is 1. The van der Waals surface area contributed by atoms with Gasteiger partial charge in [0.2, 0.25) is 0 Å². The zero-order valence-corrected chi connectivity index (χ0v) is 18.9.